The molecule has 4 nitrogen and oxygen atoms in total. The Morgan fingerprint density at radius 3 is 2.69 bits per heavy atom. The number of nitriles is 1. The van der Waals surface area contributed by atoms with Gasteiger partial charge in [-0.05, 0) is 12.1 Å². The van der Waals surface area contributed by atoms with Crippen LogP contribution < -0.4 is 4.74 Å². The van der Waals surface area contributed by atoms with Crippen molar-refractivity contribution in [1.29, 1.82) is 5.26 Å². The first-order valence-electron chi connectivity index (χ1n) is 4.45. The highest BCUT2D eigenvalue weighted by Crippen LogP contribution is 2.28. The number of hydrogen-bond donors (Lipinski definition) is 0. The van der Waals surface area contributed by atoms with E-state index >= 15 is 0 Å². The molecule has 84 valence electrons. The van der Waals surface area contributed by atoms with E-state index in [1.807, 2.05) is 6.07 Å². The van der Waals surface area contributed by atoms with Gasteiger partial charge in [-0.25, -0.2) is 0 Å². The standard InChI is InChI=1S/C11H10BrNO3/c1-15-10(14)5-7-3-9(12)4-8(6-13)11(7)16-2/h3-4H,5H2,1-2H3. The molecule has 0 bridgehead atoms. The molecule has 0 amide bonds. The van der Waals surface area contributed by atoms with Gasteiger partial charge in [0.05, 0.1) is 26.2 Å². The van der Waals surface area contributed by atoms with Crippen LogP contribution in [0.2, 0.25) is 0 Å². The smallest absolute Gasteiger partial charge is 0.310 e. The number of rotatable bonds is 3. The zero-order valence-corrected chi connectivity index (χ0v) is 10.5. The van der Waals surface area contributed by atoms with Gasteiger partial charge >= 0.3 is 5.97 Å². The minimum atomic E-state index is -0.375. The van der Waals surface area contributed by atoms with Gasteiger partial charge in [-0.2, -0.15) is 5.26 Å². The van der Waals surface area contributed by atoms with Crippen molar-refractivity contribution in [2.75, 3.05) is 14.2 Å². The second-order valence-corrected chi connectivity index (χ2v) is 3.93. The lowest BCUT2D eigenvalue weighted by Gasteiger charge is -2.09. The molecule has 1 rings (SSSR count). The van der Waals surface area contributed by atoms with Crippen LogP contribution in [0.1, 0.15) is 11.1 Å². The van der Waals surface area contributed by atoms with Gasteiger partial charge < -0.3 is 9.47 Å². The fourth-order valence-corrected chi connectivity index (χ4v) is 1.84. The van der Waals surface area contributed by atoms with Gasteiger partial charge in [0, 0.05) is 10.0 Å². The van der Waals surface area contributed by atoms with Crippen LogP contribution in [-0.2, 0) is 16.0 Å². The molecule has 0 unspecified atom stereocenters. The summed E-state index contributed by atoms with van der Waals surface area (Å²) in [6.45, 7) is 0. The van der Waals surface area contributed by atoms with Gasteiger partial charge in [0.25, 0.3) is 0 Å². The maximum atomic E-state index is 11.2. The maximum absolute atomic E-state index is 11.2. The Bertz CT molecular complexity index is 451. The predicted molar refractivity (Wildman–Crippen MR) is 61.1 cm³/mol. The van der Waals surface area contributed by atoms with Crippen molar-refractivity contribution in [1.82, 2.24) is 0 Å². The van der Waals surface area contributed by atoms with E-state index in [1.165, 1.54) is 14.2 Å². The minimum absolute atomic E-state index is 0.0772. The molecule has 1 aromatic rings. The highest BCUT2D eigenvalue weighted by Gasteiger charge is 2.14. The highest BCUT2D eigenvalue weighted by molar-refractivity contribution is 9.10. The summed E-state index contributed by atoms with van der Waals surface area (Å²) >= 11 is 3.27. The van der Waals surface area contributed by atoms with E-state index < -0.39 is 0 Å². The van der Waals surface area contributed by atoms with Crippen LogP contribution >= 0.6 is 15.9 Å². The van der Waals surface area contributed by atoms with Crippen molar-refractivity contribution in [3.05, 3.63) is 27.7 Å². The van der Waals surface area contributed by atoms with E-state index in [2.05, 4.69) is 20.7 Å². The molecular weight excluding hydrogens is 274 g/mol. The van der Waals surface area contributed by atoms with Crippen molar-refractivity contribution in [3.63, 3.8) is 0 Å². The molecule has 0 fully saturated rings. The summed E-state index contributed by atoms with van der Waals surface area (Å²) in [5.41, 5.74) is 1.01. The van der Waals surface area contributed by atoms with E-state index in [0.717, 1.165) is 4.47 Å². The third-order valence-corrected chi connectivity index (χ3v) is 2.48. The average molecular weight is 284 g/mol. The zero-order chi connectivity index (χ0) is 12.1. The summed E-state index contributed by atoms with van der Waals surface area (Å²) in [6, 6.07) is 5.38. The second-order valence-electron chi connectivity index (χ2n) is 3.01. The summed E-state index contributed by atoms with van der Waals surface area (Å²) in [6.07, 6.45) is 0.0772. The van der Waals surface area contributed by atoms with Gasteiger partial charge in [-0.1, -0.05) is 15.9 Å². The Labute approximate surface area is 102 Å². The third kappa shape index (κ3) is 2.74. The number of esters is 1. The number of hydrogen-bond acceptors (Lipinski definition) is 4. The molecule has 0 heterocycles. The van der Waals surface area contributed by atoms with Gasteiger partial charge in [-0.3, -0.25) is 4.79 Å². The first-order valence-corrected chi connectivity index (χ1v) is 5.25. The van der Waals surface area contributed by atoms with Crippen LogP contribution in [0.5, 0.6) is 5.75 Å². The second kappa shape index (κ2) is 5.52. The monoisotopic (exact) mass is 283 g/mol. The summed E-state index contributed by atoms with van der Waals surface area (Å²) in [5.74, 6) is 0.0383. The zero-order valence-electron chi connectivity index (χ0n) is 8.91. The fraction of sp³-hybridized carbons (Fsp3) is 0.273. The number of methoxy groups -OCH3 is 2. The largest absolute Gasteiger partial charge is 0.495 e. The molecule has 0 radical (unpaired) electrons. The van der Waals surface area contributed by atoms with E-state index in [1.54, 1.807) is 12.1 Å². The van der Waals surface area contributed by atoms with Crippen LogP contribution in [0.25, 0.3) is 0 Å². The lowest BCUT2D eigenvalue weighted by Crippen LogP contribution is -2.06. The Morgan fingerprint density at radius 1 is 1.50 bits per heavy atom. The number of nitrogens with zero attached hydrogens (tertiary/aromatic N) is 1. The lowest BCUT2D eigenvalue weighted by atomic mass is 10.1. The highest BCUT2D eigenvalue weighted by atomic mass is 79.9. The summed E-state index contributed by atoms with van der Waals surface area (Å²) in [5, 5.41) is 8.92. The molecule has 0 atom stereocenters. The SMILES string of the molecule is COC(=O)Cc1cc(Br)cc(C#N)c1OC. The van der Waals surface area contributed by atoms with Crippen molar-refractivity contribution < 1.29 is 14.3 Å². The Hall–Kier alpha value is -1.54. The molecular formula is C11H10BrNO3. The van der Waals surface area contributed by atoms with Crippen molar-refractivity contribution in [3.8, 4) is 11.8 Å². The molecule has 16 heavy (non-hydrogen) atoms. The third-order valence-electron chi connectivity index (χ3n) is 2.02. The first-order chi connectivity index (χ1) is 7.62. The van der Waals surface area contributed by atoms with E-state index in [-0.39, 0.29) is 12.4 Å². The van der Waals surface area contributed by atoms with Gasteiger partial charge in [0.1, 0.15) is 11.8 Å². The van der Waals surface area contributed by atoms with Gasteiger partial charge in [-0.15, -0.1) is 0 Å². The molecule has 0 aliphatic heterocycles. The lowest BCUT2D eigenvalue weighted by molar-refractivity contribution is -0.139. The Balaban J connectivity index is 3.21. The van der Waals surface area contributed by atoms with Crippen molar-refractivity contribution >= 4 is 21.9 Å². The maximum Gasteiger partial charge on any atom is 0.310 e. The van der Waals surface area contributed by atoms with Gasteiger partial charge in [0.2, 0.25) is 0 Å². The predicted octanol–water partition coefficient (Wildman–Crippen LogP) is 2.04. The molecule has 5 heteroatoms. The van der Waals surface area contributed by atoms with Crippen LogP contribution in [0.15, 0.2) is 16.6 Å². The molecule has 0 aliphatic rings. The first kappa shape index (κ1) is 12.5. The average Bonchev–Trinajstić information content (AvgIpc) is 2.28. The molecule has 0 N–H and O–H groups in total. The normalized spacial score (nSPS) is 9.38. The van der Waals surface area contributed by atoms with E-state index in [4.69, 9.17) is 10.00 Å². The van der Waals surface area contributed by atoms with E-state index in [0.29, 0.717) is 16.9 Å². The quantitative estimate of drug-likeness (QED) is 0.797. The number of benzene rings is 1. The Kier molecular flexibility index (Phi) is 4.32. The topological polar surface area (TPSA) is 59.3 Å². The molecule has 0 saturated heterocycles. The number of ether oxygens (including phenoxy) is 2. The Morgan fingerprint density at radius 2 is 2.19 bits per heavy atom. The van der Waals surface area contributed by atoms with Gasteiger partial charge in [0.15, 0.2) is 0 Å². The van der Waals surface area contributed by atoms with Crippen LogP contribution in [0.3, 0.4) is 0 Å². The number of carbonyl (C=O) groups excluding carboxylic acids is 1. The molecule has 0 saturated carbocycles. The van der Waals surface area contributed by atoms with Crippen molar-refractivity contribution in [2.24, 2.45) is 0 Å². The summed E-state index contributed by atoms with van der Waals surface area (Å²) in [4.78, 5) is 11.2. The van der Waals surface area contributed by atoms with Crippen LogP contribution in [0.4, 0.5) is 0 Å². The van der Waals surface area contributed by atoms with E-state index in [9.17, 15) is 4.79 Å². The molecule has 1 aromatic carbocycles. The van der Waals surface area contributed by atoms with Crippen molar-refractivity contribution in [2.45, 2.75) is 6.42 Å². The van der Waals surface area contributed by atoms with Crippen LogP contribution in [-0.4, -0.2) is 20.2 Å². The molecule has 0 aromatic heterocycles. The molecule has 0 spiro atoms. The summed E-state index contributed by atoms with van der Waals surface area (Å²) < 4.78 is 10.4. The molecule has 0 aliphatic carbocycles. The number of carbonyl (C=O) groups is 1. The minimum Gasteiger partial charge on any atom is -0.495 e. The van der Waals surface area contributed by atoms with Crippen LogP contribution in [0, 0.1) is 11.3 Å². The number of halogens is 1. The fourth-order valence-electron chi connectivity index (χ4n) is 1.33. The summed E-state index contributed by atoms with van der Waals surface area (Å²) in [7, 11) is 2.78.